The van der Waals surface area contributed by atoms with Gasteiger partial charge in [0.1, 0.15) is 17.4 Å². The minimum Gasteiger partial charge on any atom is -0.300 e. The number of hydrogen-bond donors (Lipinski definition) is 0. The van der Waals surface area contributed by atoms with Crippen LogP contribution in [0.1, 0.15) is 68.2 Å². The summed E-state index contributed by atoms with van der Waals surface area (Å²) in [5.41, 5.74) is -1.70. The van der Waals surface area contributed by atoms with Crippen LogP contribution in [0.15, 0.2) is 36.4 Å². The van der Waals surface area contributed by atoms with E-state index in [-0.39, 0.29) is 29.8 Å². The summed E-state index contributed by atoms with van der Waals surface area (Å²) < 4.78 is 101. The van der Waals surface area contributed by atoms with E-state index in [1.807, 2.05) is 6.92 Å². The Morgan fingerprint density at radius 2 is 1.18 bits per heavy atom. The highest BCUT2D eigenvalue weighted by atomic mass is 19.4. The molecule has 0 saturated carbocycles. The average molecular weight is 482 g/mol. The van der Waals surface area contributed by atoms with E-state index in [1.54, 1.807) is 6.92 Å². The van der Waals surface area contributed by atoms with Gasteiger partial charge in [0, 0.05) is 12.8 Å². The number of halogens is 8. The molecule has 0 fully saturated rings. The number of carbonyl (C=O) groups excluding carboxylic acids is 1. The minimum absolute atomic E-state index is 0.0121. The molecule has 0 atom stereocenters. The smallest absolute Gasteiger partial charge is 0.300 e. The Kier molecular flexibility index (Phi) is 11.0. The third-order valence-corrected chi connectivity index (χ3v) is 4.87. The zero-order chi connectivity index (χ0) is 25.2. The van der Waals surface area contributed by atoms with Gasteiger partial charge in [0.25, 0.3) is 0 Å². The second kappa shape index (κ2) is 12.7. The number of Topliss-reactive ketones (excluding diaryl/α,β-unsaturated/α-hetero) is 1. The largest absolute Gasteiger partial charge is 0.416 e. The molecule has 0 aliphatic heterocycles. The van der Waals surface area contributed by atoms with Gasteiger partial charge >= 0.3 is 12.4 Å². The molecule has 0 aromatic heterocycles. The number of hydrogen-bond acceptors (Lipinski definition) is 1. The Bertz CT molecular complexity index is 900. The molecule has 0 spiro atoms. The summed E-state index contributed by atoms with van der Waals surface area (Å²) in [6.45, 7) is 3.63. The Morgan fingerprint density at radius 3 is 1.58 bits per heavy atom. The fourth-order valence-electron chi connectivity index (χ4n) is 3.08. The van der Waals surface area contributed by atoms with E-state index < -0.39 is 35.1 Å². The van der Waals surface area contributed by atoms with Crippen molar-refractivity contribution >= 4 is 5.78 Å². The number of benzene rings is 2. The number of unbranched alkanes of at least 4 members (excludes halogenated alkanes) is 2. The first-order valence-corrected chi connectivity index (χ1v) is 10.5. The van der Waals surface area contributed by atoms with Gasteiger partial charge in [-0.1, -0.05) is 38.8 Å². The summed E-state index contributed by atoms with van der Waals surface area (Å²) in [7, 11) is 0. The predicted molar refractivity (Wildman–Crippen MR) is 110 cm³/mol. The Morgan fingerprint density at radius 1 is 0.727 bits per heavy atom. The SMILES string of the molecule is CCC(=O)CCc1ccc(F)cc1C(F)(F)F.CCCCCc1ccc(F)cc1C(F)(F)F. The van der Waals surface area contributed by atoms with E-state index in [0.717, 1.165) is 31.0 Å². The van der Waals surface area contributed by atoms with Crippen LogP contribution in [-0.2, 0) is 30.0 Å². The van der Waals surface area contributed by atoms with Gasteiger partial charge in [-0.15, -0.1) is 0 Å². The monoisotopic (exact) mass is 482 g/mol. The van der Waals surface area contributed by atoms with E-state index in [9.17, 15) is 39.9 Å². The van der Waals surface area contributed by atoms with Crippen molar-refractivity contribution in [3.05, 3.63) is 70.3 Å². The molecule has 1 nitrogen and oxygen atoms in total. The topological polar surface area (TPSA) is 17.1 Å². The molecule has 0 unspecified atom stereocenters. The molecule has 0 amide bonds. The fourth-order valence-corrected chi connectivity index (χ4v) is 3.08. The van der Waals surface area contributed by atoms with Crippen LogP contribution in [0.5, 0.6) is 0 Å². The zero-order valence-corrected chi connectivity index (χ0v) is 18.3. The van der Waals surface area contributed by atoms with Gasteiger partial charge in [0.15, 0.2) is 0 Å². The Labute approximate surface area is 187 Å². The molecule has 0 aliphatic rings. The van der Waals surface area contributed by atoms with E-state index in [0.29, 0.717) is 31.4 Å². The molecule has 0 radical (unpaired) electrons. The molecule has 184 valence electrons. The van der Waals surface area contributed by atoms with Crippen molar-refractivity contribution in [3.63, 3.8) is 0 Å². The number of aryl methyl sites for hydroxylation is 2. The quantitative estimate of drug-likeness (QED) is 0.273. The summed E-state index contributed by atoms with van der Waals surface area (Å²) >= 11 is 0. The second-order valence-corrected chi connectivity index (χ2v) is 7.45. The van der Waals surface area contributed by atoms with Crippen molar-refractivity contribution < 1.29 is 39.9 Å². The Hall–Kier alpha value is -2.45. The van der Waals surface area contributed by atoms with Gasteiger partial charge in [-0.05, 0) is 54.7 Å². The molecule has 0 aliphatic carbocycles. The first-order valence-electron chi connectivity index (χ1n) is 10.5. The predicted octanol–water partition coefficient (Wildman–Crippen LogP) is 8.33. The molecule has 33 heavy (non-hydrogen) atoms. The van der Waals surface area contributed by atoms with E-state index in [2.05, 4.69) is 0 Å². The summed E-state index contributed by atoms with van der Waals surface area (Å²) in [5.74, 6) is -1.88. The normalized spacial score (nSPS) is 11.7. The molecular weight excluding hydrogens is 456 g/mol. The van der Waals surface area contributed by atoms with Gasteiger partial charge in [-0.2, -0.15) is 26.3 Å². The van der Waals surface area contributed by atoms with Crippen LogP contribution < -0.4 is 0 Å². The standard InChI is InChI=1S/C12H12F4O.C12H14F4/c1-2-10(17)6-4-8-3-5-9(13)7-11(8)12(14,15)16;1-2-3-4-5-9-6-7-10(13)8-11(9)12(14,15)16/h3,5,7H,2,4,6H2,1H3;6-8H,2-5H2,1H3. The van der Waals surface area contributed by atoms with Crippen LogP contribution in [0.25, 0.3) is 0 Å². The number of carbonyl (C=O) groups is 1. The molecule has 0 heterocycles. The van der Waals surface area contributed by atoms with Crippen molar-refractivity contribution in [3.8, 4) is 0 Å². The highest BCUT2D eigenvalue weighted by molar-refractivity contribution is 5.78. The van der Waals surface area contributed by atoms with Crippen LogP contribution in [0, 0.1) is 11.6 Å². The first kappa shape index (κ1) is 28.6. The zero-order valence-electron chi connectivity index (χ0n) is 18.3. The molecule has 2 aromatic rings. The third kappa shape index (κ3) is 9.92. The maximum Gasteiger partial charge on any atom is 0.416 e. The summed E-state index contributed by atoms with van der Waals surface area (Å²) in [6.07, 6.45) is -5.85. The van der Waals surface area contributed by atoms with Crippen LogP contribution in [0.4, 0.5) is 35.1 Å². The number of ketones is 1. The number of alkyl halides is 6. The lowest BCUT2D eigenvalue weighted by Gasteiger charge is -2.12. The number of rotatable bonds is 8. The summed E-state index contributed by atoms with van der Waals surface area (Å²) in [4.78, 5) is 11.1. The van der Waals surface area contributed by atoms with E-state index in [4.69, 9.17) is 0 Å². The maximum atomic E-state index is 12.8. The lowest BCUT2D eigenvalue weighted by atomic mass is 10.0. The fraction of sp³-hybridized carbons (Fsp3) is 0.458. The van der Waals surface area contributed by atoms with Crippen molar-refractivity contribution in [1.29, 1.82) is 0 Å². The highest BCUT2D eigenvalue weighted by Gasteiger charge is 2.34. The van der Waals surface area contributed by atoms with Crippen molar-refractivity contribution in [2.24, 2.45) is 0 Å². The van der Waals surface area contributed by atoms with E-state index >= 15 is 0 Å². The van der Waals surface area contributed by atoms with Gasteiger partial charge in [-0.25, -0.2) is 8.78 Å². The summed E-state index contributed by atoms with van der Waals surface area (Å²) in [6, 6.07) is 5.40. The molecule has 0 saturated heterocycles. The molecule has 0 N–H and O–H groups in total. The van der Waals surface area contributed by atoms with Crippen molar-refractivity contribution in [1.82, 2.24) is 0 Å². The molecule has 9 heteroatoms. The average Bonchev–Trinajstić information content (AvgIpc) is 2.73. The maximum absolute atomic E-state index is 12.8. The van der Waals surface area contributed by atoms with Crippen LogP contribution in [0.3, 0.4) is 0 Å². The van der Waals surface area contributed by atoms with Crippen molar-refractivity contribution in [2.45, 2.75) is 71.1 Å². The molecule has 2 rings (SSSR count). The lowest BCUT2D eigenvalue weighted by Crippen LogP contribution is -2.11. The van der Waals surface area contributed by atoms with Gasteiger partial charge in [0.2, 0.25) is 0 Å². The molecule has 2 aromatic carbocycles. The van der Waals surface area contributed by atoms with Crippen LogP contribution in [-0.4, -0.2) is 5.78 Å². The van der Waals surface area contributed by atoms with Crippen LogP contribution in [0.2, 0.25) is 0 Å². The van der Waals surface area contributed by atoms with Gasteiger partial charge in [0.05, 0.1) is 11.1 Å². The highest BCUT2D eigenvalue weighted by Crippen LogP contribution is 2.34. The van der Waals surface area contributed by atoms with Gasteiger partial charge < -0.3 is 0 Å². The van der Waals surface area contributed by atoms with Crippen LogP contribution >= 0.6 is 0 Å². The molecular formula is C24H26F8O. The Balaban J connectivity index is 0.000000331. The molecule has 0 bridgehead atoms. The van der Waals surface area contributed by atoms with Gasteiger partial charge in [-0.3, -0.25) is 4.79 Å². The first-order chi connectivity index (χ1) is 15.3. The lowest BCUT2D eigenvalue weighted by molar-refractivity contribution is -0.139. The third-order valence-electron chi connectivity index (χ3n) is 4.87. The van der Waals surface area contributed by atoms with Crippen molar-refractivity contribution in [2.75, 3.05) is 0 Å². The van der Waals surface area contributed by atoms with E-state index in [1.165, 1.54) is 6.07 Å². The minimum atomic E-state index is -4.59. The second-order valence-electron chi connectivity index (χ2n) is 7.45. The summed E-state index contributed by atoms with van der Waals surface area (Å²) in [5, 5.41) is 0.